The lowest BCUT2D eigenvalue weighted by atomic mass is 9.93. The second-order valence-corrected chi connectivity index (χ2v) is 7.30. The summed E-state index contributed by atoms with van der Waals surface area (Å²) in [5, 5.41) is 20.5. The molecule has 1 unspecified atom stereocenters. The largest absolute Gasteiger partial charge is 0.508 e. The Hall–Kier alpha value is -1.64. The van der Waals surface area contributed by atoms with Crippen molar-refractivity contribution in [3.05, 3.63) is 29.8 Å². The third-order valence-electron chi connectivity index (χ3n) is 4.44. The maximum atomic E-state index is 10.2. The van der Waals surface area contributed by atoms with Crippen LogP contribution in [0.4, 0.5) is 0 Å². The number of phenolic OH excluding ortho intramolecular Hbond substituents is 2. The summed E-state index contributed by atoms with van der Waals surface area (Å²) in [7, 11) is 3.78. The van der Waals surface area contributed by atoms with Gasteiger partial charge in [-0.1, -0.05) is 46.6 Å². The molecule has 0 aliphatic carbocycles. The van der Waals surface area contributed by atoms with E-state index in [1.807, 2.05) is 19.0 Å². The first-order valence-corrected chi connectivity index (χ1v) is 8.63. The summed E-state index contributed by atoms with van der Waals surface area (Å²) in [6.45, 7) is 10.7. The van der Waals surface area contributed by atoms with Crippen LogP contribution in [0, 0.1) is 11.8 Å². The van der Waals surface area contributed by atoms with Crippen LogP contribution < -0.4 is 0 Å². The molecule has 1 aromatic rings. The molecule has 2 N–H and O–H groups in total. The van der Waals surface area contributed by atoms with Crippen molar-refractivity contribution in [2.75, 3.05) is 14.1 Å². The quantitative estimate of drug-likeness (QED) is 0.671. The highest BCUT2D eigenvalue weighted by atomic mass is 16.3. The summed E-state index contributed by atoms with van der Waals surface area (Å²) < 4.78 is 0. The second kappa shape index (κ2) is 8.85. The van der Waals surface area contributed by atoms with Crippen molar-refractivity contribution < 1.29 is 10.2 Å². The van der Waals surface area contributed by atoms with Crippen LogP contribution in [-0.4, -0.2) is 29.2 Å². The molecule has 0 amide bonds. The van der Waals surface area contributed by atoms with Crippen LogP contribution in [-0.2, 0) is 6.42 Å². The maximum absolute atomic E-state index is 10.2. The standard InChI is InChI=1S/C20H33NO2/c1-14(2)8-7-9-15(3)10-11-18-19(22)12-17(13-20(18)23)16(4)21(5)6/h12-15,22-23H,4,7-11H2,1-3,5-6H3. The van der Waals surface area contributed by atoms with Crippen LogP contribution in [0.25, 0.3) is 5.70 Å². The average Bonchev–Trinajstić information content (AvgIpc) is 2.44. The predicted octanol–water partition coefficient (Wildman–Crippen LogP) is 5.03. The number of phenols is 2. The van der Waals surface area contributed by atoms with Gasteiger partial charge in [0.05, 0.1) is 0 Å². The summed E-state index contributed by atoms with van der Waals surface area (Å²) in [6.07, 6.45) is 5.40. The molecule has 130 valence electrons. The van der Waals surface area contributed by atoms with E-state index in [9.17, 15) is 10.2 Å². The Bertz CT molecular complexity index is 497. The zero-order valence-electron chi connectivity index (χ0n) is 15.4. The van der Waals surface area contributed by atoms with Crippen molar-refractivity contribution in [2.45, 2.75) is 52.9 Å². The molecule has 3 nitrogen and oxygen atoms in total. The fourth-order valence-electron chi connectivity index (χ4n) is 2.73. The number of rotatable bonds is 9. The molecule has 0 radical (unpaired) electrons. The highest BCUT2D eigenvalue weighted by Gasteiger charge is 2.13. The molecule has 0 saturated heterocycles. The minimum absolute atomic E-state index is 0.164. The fraction of sp³-hybridized carbons (Fsp3) is 0.600. The zero-order valence-corrected chi connectivity index (χ0v) is 15.4. The molecule has 1 atom stereocenters. The first kappa shape index (κ1) is 19.4. The number of hydrogen-bond acceptors (Lipinski definition) is 3. The molecule has 1 aromatic carbocycles. The summed E-state index contributed by atoms with van der Waals surface area (Å²) in [5.74, 6) is 1.69. The molecule has 0 aliphatic rings. The van der Waals surface area contributed by atoms with E-state index >= 15 is 0 Å². The summed E-state index contributed by atoms with van der Waals surface area (Å²) >= 11 is 0. The van der Waals surface area contributed by atoms with Gasteiger partial charge in [-0.25, -0.2) is 0 Å². The fourth-order valence-corrected chi connectivity index (χ4v) is 2.73. The van der Waals surface area contributed by atoms with Gasteiger partial charge in [0.2, 0.25) is 0 Å². The Morgan fingerprint density at radius 2 is 1.61 bits per heavy atom. The Kier molecular flexibility index (Phi) is 7.47. The maximum Gasteiger partial charge on any atom is 0.123 e. The van der Waals surface area contributed by atoms with E-state index in [1.54, 1.807) is 12.1 Å². The lowest BCUT2D eigenvalue weighted by molar-refractivity contribution is 0.413. The van der Waals surface area contributed by atoms with E-state index in [4.69, 9.17) is 0 Å². The molecule has 1 rings (SSSR count). The van der Waals surface area contributed by atoms with E-state index < -0.39 is 0 Å². The molecule has 23 heavy (non-hydrogen) atoms. The van der Waals surface area contributed by atoms with Gasteiger partial charge in [0.25, 0.3) is 0 Å². The Balaban J connectivity index is 2.65. The van der Waals surface area contributed by atoms with Crippen molar-refractivity contribution in [3.8, 4) is 11.5 Å². The first-order chi connectivity index (χ1) is 10.7. The van der Waals surface area contributed by atoms with Crippen molar-refractivity contribution in [3.63, 3.8) is 0 Å². The first-order valence-electron chi connectivity index (χ1n) is 8.63. The van der Waals surface area contributed by atoms with Gasteiger partial charge in [-0.15, -0.1) is 0 Å². The number of hydrogen-bond donors (Lipinski definition) is 2. The van der Waals surface area contributed by atoms with Crippen LogP contribution in [0.1, 0.15) is 57.6 Å². The van der Waals surface area contributed by atoms with Gasteiger partial charge in [-0.05, 0) is 36.8 Å². The summed E-state index contributed by atoms with van der Waals surface area (Å²) in [6, 6.07) is 3.39. The summed E-state index contributed by atoms with van der Waals surface area (Å²) in [5.41, 5.74) is 2.17. The van der Waals surface area contributed by atoms with Crippen LogP contribution >= 0.6 is 0 Å². The van der Waals surface area contributed by atoms with Crippen LogP contribution in [0.3, 0.4) is 0 Å². The van der Waals surface area contributed by atoms with Gasteiger partial charge >= 0.3 is 0 Å². The monoisotopic (exact) mass is 319 g/mol. The molecule has 3 heteroatoms. The highest BCUT2D eigenvalue weighted by molar-refractivity contribution is 5.66. The van der Waals surface area contributed by atoms with E-state index in [1.165, 1.54) is 19.3 Å². The van der Waals surface area contributed by atoms with Crippen molar-refractivity contribution in [2.24, 2.45) is 11.8 Å². The van der Waals surface area contributed by atoms with Crippen molar-refractivity contribution in [1.82, 2.24) is 4.90 Å². The van der Waals surface area contributed by atoms with Crippen LogP contribution in [0.15, 0.2) is 18.7 Å². The van der Waals surface area contributed by atoms with Crippen molar-refractivity contribution >= 4 is 5.70 Å². The lowest BCUT2D eigenvalue weighted by Gasteiger charge is -2.18. The average molecular weight is 319 g/mol. The minimum Gasteiger partial charge on any atom is -0.508 e. The van der Waals surface area contributed by atoms with Crippen LogP contribution in [0.5, 0.6) is 11.5 Å². The normalized spacial score (nSPS) is 12.4. The highest BCUT2D eigenvalue weighted by Crippen LogP contribution is 2.33. The van der Waals surface area contributed by atoms with E-state index in [0.29, 0.717) is 17.9 Å². The molecule has 0 bridgehead atoms. The van der Waals surface area contributed by atoms with Crippen molar-refractivity contribution in [1.29, 1.82) is 0 Å². The molecule has 0 heterocycles. The Morgan fingerprint density at radius 3 is 2.09 bits per heavy atom. The molecule has 0 aliphatic heterocycles. The van der Waals surface area contributed by atoms with Crippen LogP contribution in [0.2, 0.25) is 0 Å². The molecule has 0 spiro atoms. The van der Waals surface area contributed by atoms with Gasteiger partial charge in [-0.3, -0.25) is 0 Å². The van der Waals surface area contributed by atoms with E-state index in [-0.39, 0.29) is 11.5 Å². The summed E-state index contributed by atoms with van der Waals surface area (Å²) in [4.78, 5) is 1.87. The Morgan fingerprint density at radius 1 is 1.04 bits per heavy atom. The number of aromatic hydroxyl groups is 2. The van der Waals surface area contributed by atoms with Gasteiger partial charge in [-0.2, -0.15) is 0 Å². The molecule has 0 aromatic heterocycles. The predicted molar refractivity (Wildman–Crippen MR) is 98.7 cm³/mol. The van der Waals surface area contributed by atoms with Gasteiger partial charge in [0.15, 0.2) is 0 Å². The van der Waals surface area contributed by atoms with E-state index in [0.717, 1.165) is 23.6 Å². The minimum atomic E-state index is 0.164. The van der Waals surface area contributed by atoms with Gasteiger partial charge in [0, 0.05) is 30.9 Å². The van der Waals surface area contributed by atoms with Gasteiger partial charge in [0.1, 0.15) is 11.5 Å². The number of nitrogens with zero attached hydrogens (tertiary/aromatic N) is 1. The molecular weight excluding hydrogens is 286 g/mol. The zero-order chi connectivity index (χ0) is 17.6. The SMILES string of the molecule is C=C(c1cc(O)c(CCC(C)CCCC(C)C)c(O)c1)N(C)C. The molecule has 0 fully saturated rings. The second-order valence-electron chi connectivity index (χ2n) is 7.30. The molecular formula is C20H33NO2. The third kappa shape index (κ3) is 6.17. The topological polar surface area (TPSA) is 43.7 Å². The third-order valence-corrected chi connectivity index (χ3v) is 4.44. The van der Waals surface area contributed by atoms with E-state index in [2.05, 4.69) is 27.4 Å². The van der Waals surface area contributed by atoms with Gasteiger partial charge < -0.3 is 15.1 Å². The smallest absolute Gasteiger partial charge is 0.123 e. The number of benzene rings is 1. The molecule has 0 saturated carbocycles. The Labute approximate surface area is 141 Å². The lowest BCUT2D eigenvalue weighted by Crippen LogP contribution is -2.08.